The van der Waals surface area contributed by atoms with Crippen molar-refractivity contribution in [3.8, 4) is 0 Å². The van der Waals surface area contributed by atoms with Crippen molar-refractivity contribution in [2.75, 3.05) is 13.2 Å². The molecule has 0 aliphatic carbocycles. The molecule has 0 radical (unpaired) electrons. The fourth-order valence-electron chi connectivity index (χ4n) is 0.886. The van der Waals surface area contributed by atoms with Crippen molar-refractivity contribution in [2.45, 2.75) is 18.6 Å². The smallest absolute Gasteiger partial charge is 0.323 e. The zero-order chi connectivity index (χ0) is 12.0. The summed E-state index contributed by atoms with van der Waals surface area (Å²) in [4.78, 5) is 20.8. The first-order valence-electron chi connectivity index (χ1n) is 4.07. The lowest BCUT2D eigenvalue weighted by molar-refractivity contribution is -0.182. The molecule has 0 saturated heterocycles. The molecule has 88 valence electrons. The number of carboxylic acids is 2. The van der Waals surface area contributed by atoms with Gasteiger partial charge in [-0.15, -0.1) is 0 Å². The summed E-state index contributed by atoms with van der Waals surface area (Å²) in [5, 5.41) is 43.6. The van der Waals surface area contributed by atoms with E-state index in [1.165, 1.54) is 0 Å². The van der Waals surface area contributed by atoms with E-state index in [9.17, 15) is 9.59 Å². The van der Waals surface area contributed by atoms with Crippen LogP contribution in [0.25, 0.3) is 0 Å². The molecule has 0 aliphatic rings. The Balaban J connectivity index is 4.35. The minimum Gasteiger partial charge on any atom is -0.481 e. The van der Waals surface area contributed by atoms with Gasteiger partial charge in [-0.2, -0.15) is 5.06 Å². The minimum absolute atomic E-state index is 0.178. The van der Waals surface area contributed by atoms with Crippen molar-refractivity contribution in [1.82, 2.24) is 5.06 Å². The molecule has 5 N–H and O–H groups in total. The van der Waals surface area contributed by atoms with Gasteiger partial charge in [0.25, 0.3) is 0 Å². The Hall–Kier alpha value is -1.22. The Bertz CT molecular complexity index is 231. The average Bonchev–Trinajstić information content (AvgIpc) is 2.12. The molecule has 0 spiro atoms. The zero-order valence-corrected chi connectivity index (χ0v) is 7.78. The first-order chi connectivity index (χ1) is 6.88. The Morgan fingerprint density at radius 3 is 2.13 bits per heavy atom. The second-order valence-electron chi connectivity index (χ2n) is 2.91. The van der Waals surface area contributed by atoms with Crippen LogP contribution in [0.5, 0.6) is 0 Å². The van der Waals surface area contributed by atoms with E-state index < -0.39 is 43.7 Å². The van der Waals surface area contributed by atoms with Crippen LogP contribution in [0, 0.1) is 0 Å². The van der Waals surface area contributed by atoms with Crippen LogP contribution in [0.1, 0.15) is 6.42 Å². The molecule has 0 aliphatic heterocycles. The summed E-state index contributed by atoms with van der Waals surface area (Å²) in [6.45, 7) is -1.20. The lowest BCUT2D eigenvalue weighted by atomic mass is 10.2. The molecule has 0 aromatic heterocycles. The first kappa shape index (κ1) is 13.8. The Morgan fingerprint density at radius 1 is 1.27 bits per heavy atom. The van der Waals surface area contributed by atoms with E-state index in [-0.39, 0.29) is 5.06 Å². The lowest BCUT2D eigenvalue weighted by Crippen LogP contribution is -2.44. The molecule has 1 unspecified atom stereocenters. The first-order valence-corrected chi connectivity index (χ1v) is 4.07. The van der Waals surface area contributed by atoms with Gasteiger partial charge in [0.2, 0.25) is 0 Å². The molecule has 0 fully saturated rings. The molecule has 0 amide bonds. The molecule has 0 bridgehead atoms. The molecule has 15 heavy (non-hydrogen) atoms. The summed E-state index contributed by atoms with van der Waals surface area (Å²) in [7, 11) is 0. The zero-order valence-electron chi connectivity index (χ0n) is 7.78. The minimum atomic E-state index is -1.65. The van der Waals surface area contributed by atoms with Gasteiger partial charge in [-0.1, -0.05) is 0 Å². The fourth-order valence-corrected chi connectivity index (χ4v) is 0.886. The maximum Gasteiger partial charge on any atom is 0.323 e. The molecule has 0 aromatic rings. The van der Waals surface area contributed by atoms with Crippen LogP contribution in [0.2, 0.25) is 0 Å². The molecule has 0 heterocycles. The SMILES string of the molecule is O=C(O)C[C@@H](C(=O)O)N(O)CC(O)CO. The van der Waals surface area contributed by atoms with Gasteiger partial charge in [-0.25, -0.2) is 0 Å². The lowest BCUT2D eigenvalue weighted by Gasteiger charge is -2.22. The van der Waals surface area contributed by atoms with Gasteiger partial charge in [-0.05, 0) is 0 Å². The van der Waals surface area contributed by atoms with E-state index >= 15 is 0 Å². The van der Waals surface area contributed by atoms with Gasteiger partial charge in [0, 0.05) is 0 Å². The number of aliphatic carboxylic acids is 2. The summed E-state index contributed by atoms with van der Waals surface area (Å²) < 4.78 is 0. The highest BCUT2D eigenvalue weighted by Gasteiger charge is 2.28. The van der Waals surface area contributed by atoms with E-state index in [4.69, 9.17) is 25.6 Å². The number of hydroxylamine groups is 2. The van der Waals surface area contributed by atoms with E-state index in [1.807, 2.05) is 0 Å². The number of hydrogen-bond acceptors (Lipinski definition) is 6. The maximum atomic E-state index is 10.5. The molecule has 0 rings (SSSR count). The van der Waals surface area contributed by atoms with Crippen molar-refractivity contribution in [1.29, 1.82) is 0 Å². The Morgan fingerprint density at radius 2 is 1.80 bits per heavy atom. The highest BCUT2D eigenvalue weighted by molar-refractivity contribution is 5.80. The van der Waals surface area contributed by atoms with Crippen LogP contribution in [0.15, 0.2) is 0 Å². The third kappa shape index (κ3) is 5.27. The van der Waals surface area contributed by atoms with Crippen molar-refractivity contribution >= 4 is 11.9 Å². The van der Waals surface area contributed by atoms with E-state index in [0.717, 1.165) is 0 Å². The molecule has 8 nitrogen and oxygen atoms in total. The molecular formula is C7H13NO7. The second kappa shape index (κ2) is 6.30. The quantitative estimate of drug-likeness (QED) is 0.311. The standard InChI is InChI=1S/C7H13NO7/c9-3-4(10)2-8(15)5(7(13)14)1-6(11)12/h4-5,9-10,15H,1-3H2,(H,11,12)(H,13,14)/t4?,5-/m0/s1. The third-order valence-electron chi connectivity index (χ3n) is 1.62. The van der Waals surface area contributed by atoms with Gasteiger partial charge >= 0.3 is 11.9 Å². The Kier molecular flexibility index (Phi) is 5.79. The summed E-state index contributed by atoms with van der Waals surface area (Å²) >= 11 is 0. The van der Waals surface area contributed by atoms with Crippen molar-refractivity contribution in [2.24, 2.45) is 0 Å². The number of nitrogens with zero attached hydrogens (tertiary/aromatic N) is 1. The van der Waals surface area contributed by atoms with Crippen molar-refractivity contribution in [3.63, 3.8) is 0 Å². The van der Waals surface area contributed by atoms with Gasteiger partial charge in [0.1, 0.15) is 6.04 Å². The normalized spacial score (nSPS) is 14.9. The number of aliphatic hydroxyl groups is 2. The molecule has 0 aromatic carbocycles. The van der Waals surface area contributed by atoms with Crippen LogP contribution >= 0.6 is 0 Å². The number of carbonyl (C=O) groups is 2. The largest absolute Gasteiger partial charge is 0.481 e. The number of hydrogen-bond donors (Lipinski definition) is 5. The monoisotopic (exact) mass is 223 g/mol. The summed E-state index contributed by atoms with van der Waals surface area (Å²) in [5.74, 6) is -2.91. The fraction of sp³-hybridized carbons (Fsp3) is 0.714. The van der Waals surface area contributed by atoms with Gasteiger partial charge < -0.3 is 25.6 Å². The van der Waals surface area contributed by atoms with Crippen LogP contribution in [0.4, 0.5) is 0 Å². The van der Waals surface area contributed by atoms with Crippen LogP contribution in [-0.2, 0) is 9.59 Å². The molecule has 0 saturated carbocycles. The van der Waals surface area contributed by atoms with E-state index in [1.54, 1.807) is 0 Å². The topological polar surface area (TPSA) is 139 Å². The van der Waals surface area contributed by atoms with Gasteiger partial charge in [-0.3, -0.25) is 9.59 Å². The highest BCUT2D eigenvalue weighted by Crippen LogP contribution is 2.03. The summed E-state index contributed by atoms with van der Waals surface area (Å²) in [6.07, 6.45) is -2.13. The Labute approximate surface area is 84.9 Å². The van der Waals surface area contributed by atoms with Crippen LogP contribution in [-0.4, -0.2) is 67.9 Å². The number of carboxylic acid groups (broad SMARTS) is 2. The van der Waals surface area contributed by atoms with Gasteiger partial charge in [0.15, 0.2) is 0 Å². The van der Waals surface area contributed by atoms with E-state index in [2.05, 4.69) is 0 Å². The third-order valence-corrected chi connectivity index (χ3v) is 1.62. The predicted octanol–water partition coefficient (Wildman–Crippen LogP) is -2.04. The van der Waals surface area contributed by atoms with Crippen molar-refractivity contribution < 1.29 is 35.2 Å². The average molecular weight is 223 g/mol. The maximum absolute atomic E-state index is 10.5. The van der Waals surface area contributed by atoms with Crippen LogP contribution < -0.4 is 0 Å². The van der Waals surface area contributed by atoms with E-state index in [0.29, 0.717) is 0 Å². The van der Waals surface area contributed by atoms with Crippen molar-refractivity contribution in [3.05, 3.63) is 0 Å². The summed E-state index contributed by atoms with van der Waals surface area (Å²) in [5.41, 5.74) is 0. The summed E-state index contributed by atoms with van der Waals surface area (Å²) in [6, 6.07) is -1.65. The van der Waals surface area contributed by atoms with Gasteiger partial charge in [0.05, 0.1) is 25.7 Å². The molecule has 2 atom stereocenters. The molecule has 8 heteroatoms. The highest BCUT2D eigenvalue weighted by atomic mass is 16.5. The molecular weight excluding hydrogens is 210 g/mol. The number of aliphatic hydroxyl groups excluding tert-OH is 2. The number of rotatable bonds is 7. The van der Waals surface area contributed by atoms with Crippen LogP contribution in [0.3, 0.4) is 0 Å². The predicted molar refractivity (Wildman–Crippen MR) is 45.3 cm³/mol. The second-order valence-corrected chi connectivity index (χ2v) is 2.91.